The first-order valence-electron chi connectivity index (χ1n) is 8.73. The van der Waals surface area contributed by atoms with Crippen molar-refractivity contribution in [1.82, 2.24) is 29.0 Å². The van der Waals surface area contributed by atoms with Crippen LogP contribution in [0.1, 0.15) is 16.3 Å². The lowest BCUT2D eigenvalue weighted by Crippen LogP contribution is -2.16. The Kier molecular flexibility index (Phi) is 3.61. The van der Waals surface area contributed by atoms with Gasteiger partial charge < -0.3 is 5.32 Å². The van der Waals surface area contributed by atoms with Crippen LogP contribution in [0.2, 0.25) is 0 Å². The second-order valence-corrected chi connectivity index (χ2v) is 6.29. The van der Waals surface area contributed by atoms with E-state index in [-0.39, 0.29) is 5.82 Å². The fourth-order valence-electron chi connectivity index (χ4n) is 3.08. The lowest BCUT2D eigenvalue weighted by molar-refractivity contribution is 0.101. The molecule has 0 bridgehead atoms. The van der Waals surface area contributed by atoms with E-state index in [1.54, 1.807) is 16.8 Å². The summed E-state index contributed by atoms with van der Waals surface area (Å²) in [5.74, 6) is 0.571. The molecule has 1 N–H and O–H groups in total. The van der Waals surface area contributed by atoms with Crippen molar-refractivity contribution < 1.29 is 4.79 Å². The monoisotopic (exact) mass is 369 g/mol. The maximum atomic E-state index is 12.9. The van der Waals surface area contributed by atoms with Crippen molar-refractivity contribution in [2.75, 3.05) is 5.32 Å². The average Bonchev–Trinajstić information content (AvgIpc) is 3.32. The molecular weight excluding hydrogens is 354 g/mol. The number of pyridine rings is 1. The molecule has 5 rings (SSSR count). The van der Waals surface area contributed by atoms with E-state index in [4.69, 9.17) is 0 Å². The first-order chi connectivity index (χ1) is 13.7. The number of hydrogen-bond donors (Lipinski definition) is 1. The van der Waals surface area contributed by atoms with Gasteiger partial charge in [0, 0.05) is 23.7 Å². The predicted octanol–water partition coefficient (Wildman–Crippen LogP) is 3.00. The highest BCUT2D eigenvalue weighted by Gasteiger charge is 2.20. The van der Waals surface area contributed by atoms with Gasteiger partial charge in [0.2, 0.25) is 5.82 Å². The molecule has 4 aromatic heterocycles. The van der Waals surface area contributed by atoms with Crippen LogP contribution in [-0.4, -0.2) is 34.9 Å². The normalized spacial score (nSPS) is 11.2. The molecule has 0 aliphatic rings. The van der Waals surface area contributed by atoms with Gasteiger partial charge in [-0.25, -0.2) is 14.5 Å². The quantitative estimate of drug-likeness (QED) is 0.528. The fraction of sp³-hybridized carbons (Fsp3) is 0.0500. The summed E-state index contributed by atoms with van der Waals surface area (Å²) in [5, 5.41) is 7.20. The summed E-state index contributed by atoms with van der Waals surface area (Å²) in [6, 6.07) is 17.2. The lowest BCUT2D eigenvalue weighted by atomic mass is 10.1. The summed E-state index contributed by atoms with van der Waals surface area (Å²) >= 11 is 0. The molecule has 0 aliphatic carbocycles. The first kappa shape index (κ1) is 16.1. The van der Waals surface area contributed by atoms with Crippen LogP contribution in [0.5, 0.6) is 0 Å². The highest BCUT2D eigenvalue weighted by Crippen LogP contribution is 2.28. The van der Waals surface area contributed by atoms with Crippen LogP contribution in [0.15, 0.2) is 67.0 Å². The summed E-state index contributed by atoms with van der Waals surface area (Å²) in [4.78, 5) is 26.0. The predicted molar refractivity (Wildman–Crippen MR) is 104 cm³/mol. The van der Waals surface area contributed by atoms with E-state index in [0.717, 1.165) is 16.9 Å². The van der Waals surface area contributed by atoms with Crippen molar-refractivity contribution in [1.29, 1.82) is 0 Å². The number of aromatic nitrogens is 6. The molecule has 8 nitrogen and oxygen atoms in total. The molecule has 136 valence electrons. The van der Waals surface area contributed by atoms with E-state index < -0.39 is 5.91 Å². The van der Waals surface area contributed by atoms with E-state index in [1.165, 1.54) is 0 Å². The minimum atomic E-state index is -0.423. The zero-order valence-corrected chi connectivity index (χ0v) is 14.9. The zero-order chi connectivity index (χ0) is 19.1. The van der Waals surface area contributed by atoms with Crippen LogP contribution in [0.3, 0.4) is 0 Å². The Balaban J connectivity index is 1.60. The molecule has 0 aliphatic heterocycles. The van der Waals surface area contributed by atoms with E-state index in [0.29, 0.717) is 17.3 Å². The summed E-state index contributed by atoms with van der Waals surface area (Å²) in [7, 11) is 0. The van der Waals surface area contributed by atoms with Gasteiger partial charge in [0.25, 0.3) is 11.7 Å². The van der Waals surface area contributed by atoms with Gasteiger partial charge in [-0.3, -0.25) is 9.20 Å². The van der Waals surface area contributed by atoms with Gasteiger partial charge in [-0.2, -0.15) is 4.98 Å². The Bertz CT molecular complexity index is 1320. The first-order valence-corrected chi connectivity index (χ1v) is 8.73. The second-order valence-electron chi connectivity index (χ2n) is 6.29. The molecule has 0 radical (unpaired) electrons. The van der Waals surface area contributed by atoms with Crippen LogP contribution in [0, 0.1) is 6.92 Å². The van der Waals surface area contributed by atoms with E-state index in [1.807, 2.05) is 66.1 Å². The molecule has 0 atom stereocenters. The third-order valence-electron chi connectivity index (χ3n) is 4.44. The highest BCUT2D eigenvalue weighted by atomic mass is 16.2. The Morgan fingerprint density at radius 3 is 2.64 bits per heavy atom. The molecule has 1 aromatic carbocycles. The molecule has 0 fully saturated rings. The van der Waals surface area contributed by atoms with Gasteiger partial charge in [0.05, 0.1) is 0 Å². The Hall–Kier alpha value is -4.07. The number of nitrogens with zero attached hydrogens (tertiary/aromatic N) is 6. The number of rotatable bonds is 3. The van der Waals surface area contributed by atoms with Gasteiger partial charge in [0.1, 0.15) is 17.2 Å². The third-order valence-corrected chi connectivity index (χ3v) is 4.44. The minimum absolute atomic E-state index is 0.0479. The van der Waals surface area contributed by atoms with Gasteiger partial charge in [-0.1, -0.05) is 36.4 Å². The molecule has 28 heavy (non-hydrogen) atoms. The van der Waals surface area contributed by atoms with Crippen molar-refractivity contribution >= 4 is 23.1 Å². The number of carbonyl (C=O) groups is 1. The summed E-state index contributed by atoms with van der Waals surface area (Å²) in [5.41, 5.74) is 3.16. The van der Waals surface area contributed by atoms with Crippen molar-refractivity contribution in [3.05, 3.63) is 78.5 Å². The standard InChI is InChI=1S/C20H15N7O/c1-13-10-11-21-20-23-17(25-27(13)20)19(28)24-18-16(14-7-3-2-4-8-14)22-15-9-5-6-12-26(15)18/h2-12H,1H3,(H,24,28). The average molecular weight is 369 g/mol. The maximum absolute atomic E-state index is 12.9. The van der Waals surface area contributed by atoms with Crippen LogP contribution < -0.4 is 5.32 Å². The topological polar surface area (TPSA) is 89.5 Å². The number of carbonyl (C=O) groups excluding carboxylic acids is 1. The molecule has 0 spiro atoms. The van der Waals surface area contributed by atoms with Gasteiger partial charge in [0.15, 0.2) is 0 Å². The SMILES string of the molecule is Cc1ccnc2nc(C(=O)Nc3c(-c4ccccc4)nc4ccccn34)nn12. The molecule has 8 heteroatoms. The number of anilines is 1. The zero-order valence-electron chi connectivity index (χ0n) is 14.9. The smallest absolute Gasteiger partial charge is 0.296 e. The largest absolute Gasteiger partial charge is 0.303 e. The van der Waals surface area contributed by atoms with Crippen LogP contribution in [0.4, 0.5) is 5.82 Å². The molecule has 0 saturated carbocycles. The Morgan fingerprint density at radius 1 is 1.00 bits per heavy atom. The third kappa shape index (κ3) is 2.59. The van der Waals surface area contributed by atoms with Crippen LogP contribution in [0.25, 0.3) is 22.7 Å². The molecular formula is C20H15N7O. The minimum Gasteiger partial charge on any atom is -0.303 e. The summed E-state index contributed by atoms with van der Waals surface area (Å²) in [6.45, 7) is 1.88. The fourth-order valence-corrected chi connectivity index (χ4v) is 3.08. The highest BCUT2D eigenvalue weighted by molar-refractivity contribution is 6.03. The number of imidazole rings is 1. The number of aryl methyl sites for hydroxylation is 1. The van der Waals surface area contributed by atoms with Crippen molar-refractivity contribution in [3.63, 3.8) is 0 Å². The van der Waals surface area contributed by atoms with E-state index >= 15 is 0 Å². The number of amides is 1. The number of benzene rings is 1. The summed E-state index contributed by atoms with van der Waals surface area (Å²) < 4.78 is 3.38. The Morgan fingerprint density at radius 2 is 1.82 bits per heavy atom. The maximum Gasteiger partial charge on any atom is 0.296 e. The van der Waals surface area contributed by atoms with E-state index in [2.05, 4.69) is 25.4 Å². The molecule has 0 saturated heterocycles. The second kappa shape index (κ2) is 6.27. The van der Waals surface area contributed by atoms with Crippen LogP contribution >= 0.6 is 0 Å². The number of nitrogens with one attached hydrogen (secondary N) is 1. The molecule has 1 amide bonds. The number of fused-ring (bicyclic) bond motifs is 2. The van der Waals surface area contributed by atoms with Gasteiger partial charge in [-0.05, 0) is 25.1 Å². The Labute approximate surface area is 159 Å². The van der Waals surface area contributed by atoms with Crippen molar-refractivity contribution in [2.24, 2.45) is 0 Å². The molecule has 4 heterocycles. The van der Waals surface area contributed by atoms with Gasteiger partial charge >= 0.3 is 0 Å². The van der Waals surface area contributed by atoms with Crippen LogP contribution in [-0.2, 0) is 0 Å². The summed E-state index contributed by atoms with van der Waals surface area (Å²) in [6.07, 6.45) is 3.49. The lowest BCUT2D eigenvalue weighted by Gasteiger charge is -2.06. The van der Waals surface area contributed by atoms with Crippen molar-refractivity contribution in [3.8, 4) is 11.3 Å². The molecule has 5 aromatic rings. The number of hydrogen-bond acceptors (Lipinski definition) is 5. The van der Waals surface area contributed by atoms with Gasteiger partial charge in [-0.15, -0.1) is 5.10 Å². The molecule has 0 unspecified atom stereocenters. The van der Waals surface area contributed by atoms with E-state index in [9.17, 15) is 4.79 Å². The van der Waals surface area contributed by atoms with Crippen molar-refractivity contribution in [2.45, 2.75) is 6.92 Å².